The minimum absolute atomic E-state index is 0.0295. The molecule has 0 bridgehead atoms. The number of hydrogen-bond donors (Lipinski definition) is 0. The van der Waals surface area contributed by atoms with Crippen LogP contribution < -0.4 is 11.2 Å². The maximum absolute atomic E-state index is 12.0. The van der Waals surface area contributed by atoms with E-state index in [0.717, 1.165) is 4.57 Å². The molecular weight excluding hydrogens is 320 g/mol. The number of benzene rings is 1. The van der Waals surface area contributed by atoms with Crippen LogP contribution in [0.5, 0.6) is 0 Å². The smallest absolute Gasteiger partial charge is 0.331 e. The maximum Gasteiger partial charge on any atom is 0.331 e. The molecule has 0 aliphatic heterocycles. The highest BCUT2D eigenvalue weighted by Gasteiger charge is 2.14. The van der Waals surface area contributed by atoms with Crippen LogP contribution in [0.25, 0.3) is 0 Å². The molecule has 1 atom stereocenters. The van der Waals surface area contributed by atoms with Crippen LogP contribution in [0.4, 0.5) is 0 Å². The number of aryl methyl sites for hydroxylation is 2. The lowest BCUT2D eigenvalue weighted by Crippen LogP contribution is -2.38. The van der Waals surface area contributed by atoms with E-state index in [4.69, 9.17) is 4.52 Å². The molecule has 7 heteroatoms. The highest BCUT2D eigenvalue weighted by atomic mass is 16.5. The third-order valence-corrected chi connectivity index (χ3v) is 4.18. The van der Waals surface area contributed by atoms with Gasteiger partial charge in [-0.1, -0.05) is 41.9 Å². The summed E-state index contributed by atoms with van der Waals surface area (Å²) >= 11 is 0. The lowest BCUT2D eigenvalue weighted by molar-refractivity contribution is 0.360. The molecular formula is C18H20N4O3. The summed E-state index contributed by atoms with van der Waals surface area (Å²) in [5, 5.41) is 3.97. The van der Waals surface area contributed by atoms with E-state index in [1.165, 1.54) is 28.0 Å². The first-order valence-corrected chi connectivity index (χ1v) is 8.08. The maximum atomic E-state index is 12.0. The summed E-state index contributed by atoms with van der Waals surface area (Å²) in [5.74, 6) is 1.04. The van der Waals surface area contributed by atoms with Gasteiger partial charge >= 0.3 is 5.69 Å². The van der Waals surface area contributed by atoms with Crippen molar-refractivity contribution >= 4 is 0 Å². The van der Waals surface area contributed by atoms with Crippen LogP contribution in [0.1, 0.15) is 35.7 Å². The summed E-state index contributed by atoms with van der Waals surface area (Å²) in [6, 6.07) is 9.66. The van der Waals surface area contributed by atoms with E-state index in [1.54, 1.807) is 7.05 Å². The van der Waals surface area contributed by atoms with Crippen molar-refractivity contribution in [2.45, 2.75) is 32.7 Å². The molecule has 25 heavy (non-hydrogen) atoms. The summed E-state index contributed by atoms with van der Waals surface area (Å²) in [5.41, 5.74) is 1.61. The van der Waals surface area contributed by atoms with Crippen molar-refractivity contribution in [2.75, 3.05) is 0 Å². The molecule has 7 nitrogen and oxygen atoms in total. The van der Waals surface area contributed by atoms with Gasteiger partial charge in [0.2, 0.25) is 5.89 Å². The molecule has 0 amide bonds. The van der Waals surface area contributed by atoms with Crippen LogP contribution in [-0.4, -0.2) is 19.3 Å². The van der Waals surface area contributed by atoms with Crippen molar-refractivity contribution in [3.63, 3.8) is 0 Å². The molecule has 3 rings (SSSR count). The molecule has 0 spiro atoms. The lowest BCUT2D eigenvalue weighted by Gasteiger charge is -2.09. The van der Waals surface area contributed by atoms with Crippen LogP contribution in [0.2, 0.25) is 0 Å². The van der Waals surface area contributed by atoms with E-state index in [-0.39, 0.29) is 18.4 Å². The van der Waals surface area contributed by atoms with Crippen molar-refractivity contribution in [1.82, 2.24) is 19.3 Å². The number of rotatable bonds is 5. The van der Waals surface area contributed by atoms with Crippen LogP contribution in [-0.2, 0) is 20.0 Å². The minimum Gasteiger partial charge on any atom is -0.337 e. The highest BCUT2D eigenvalue weighted by molar-refractivity contribution is 5.24. The van der Waals surface area contributed by atoms with Gasteiger partial charge in [-0.15, -0.1) is 0 Å². The second-order valence-electron chi connectivity index (χ2n) is 6.25. The second-order valence-corrected chi connectivity index (χ2v) is 6.25. The standard InChI is InChI=1S/C18H20N4O3/c1-12-4-6-14(7-5-12)13(2)10-15-19-16(25-20-15)11-22-17(23)8-9-21(3)18(22)24/h4-9,13H,10-11H2,1-3H3. The Balaban J connectivity index is 1.75. The molecule has 0 saturated heterocycles. The fourth-order valence-electron chi connectivity index (χ4n) is 2.62. The molecule has 130 valence electrons. The van der Waals surface area contributed by atoms with Gasteiger partial charge in [-0.25, -0.2) is 4.79 Å². The Morgan fingerprint density at radius 1 is 1.16 bits per heavy atom. The predicted molar refractivity (Wildman–Crippen MR) is 92.6 cm³/mol. The van der Waals surface area contributed by atoms with Gasteiger partial charge < -0.3 is 9.09 Å². The summed E-state index contributed by atoms with van der Waals surface area (Å²) < 4.78 is 7.61. The summed E-state index contributed by atoms with van der Waals surface area (Å²) in [6.07, 6.45) is 2.05. The SMILES string of the molecule is Cc1ccc(C(C)Cc2noc(Cn3c(=O)ccn(C)c3=O)n2)cc1. The molecule has 0 radical (unpaired) electrons. The van der Waals surface area contributed by atoms with Crippen molar-refractivity contribution in [3.8, 4) is 0 Å². The highest BCUT2D eigenvalue weighted by Crippen LogP contribution is 2.19. The van der Waals surface area contributed by atoms with Crippen molar-refractivity contribution in [3.05, 3.63) is 80.2 Å². The van der Waals surface area contributed by atoms with Crippen LogP contribution >= 0.6 is 0 Å². The molecule has 3 aromatic rings. The molecule has 1 aromatic carbocycles. The van der Waals surface area contributed by atoms with Gasteiger partial charge in [-0.05, 0) is 18.4 Å². The third-order valence-electron chi connectivity index (χ3n) is 4.18. The average Bonchev–Trinajstić information content (AvgIpc) is 3.03. The van der Waals surface area contributed by atoms with Gasteiger partial charge in [-0.3, -0.25) is 9.36 Å². The Hall–Kier alpha value is -2.96. The van der Waals surface area contributed by atoms with Gasteiger partial charge in [0.1, 0.15) is 6.54 Å². The quantitative estimate of drug-likeness (QED) is 0.705. The van der Waals surface area contributed by atoms with E-state index >= 15 is 0 Å². The molecule has 2 heterocycles. The zero-order chi connectivity index (χ0) is 18.0. The Bertz CT molecular complexity index is 983. The van der Waals surface area contributed by atoms with E-state index in [2.05, 4.69) is 48.3 Å². The molecule has 0 saturated carbocycles. The fourth-order valence-corrected chi connectivity index (χ4v) is 2.62. The van der Waals surface area contributed by atoms with E-state index in [0.29, 0.717) is 12.2 Å². The minimum atomic E-state index is -0.416. The van der Waals surface area contributed by atoms with Gasteiger partial charge in [0.25, 0.3) is 5.56 Å². The second kappa shape index (κ2) is 6.88. The fraction of sp³-hybridized carbons (Fsp3) is 0.333. The van der Waals surface area contributed by atoms with E-state index in [1.807, 2.05) is 0 Å². The zero-order valence-corrected chi connectivity index (χ0v) is 14.5. The van der Waals surface area contributed by atoms with Crippen molar-refractivity contribution in [2.24, 2.45) is 7.05 Å². The Labute approximate surface area is 144 Å². The Kier molecular flexibility index (Phi) is 4.65. The molecule has 0 aliphatic carbocycles. The first-order valence-electron chi connectivity index (χ1n) is 8.08. The summed E-state index contributed by atoms with van der Waals surface area (Å²) in [6.45, 7) is 4.12. The van der Waals surface area contributed by atoms with Crippen LogP contribution in [0, 0.1) is 6.92 Å². The van der Waals surface area contributed by atoms with Crippen molar-refractivity contribution in [1.29, 1.82) is 0 Å². The lowest BCUT2D eigenvalue weighted by atomic mass is 9.97. The van der Waals surface area contributed by atoms with Crippen LogP contribution in [0.15, 0.2) is 50.6 Å². The normalized spacial score (nSPS) is 12.3. The van der Waals surface area contributed by atoms with Gasteiger partial charge in [0.15, 0.2) is 5.82 Å². The largest absolute Gasteiger partial charge is 0.337 e. The average molecular weight is 340 g/mol. The summed E-state index contributed by atoms with van der Waals surface area (Å²) in [7, 11) is 1.58. The first kappa shape index (κ1) is 16.9. The molecule has 0 fully saturated rings. The van der Waals surface area contributed by atoms with Crippen molar-refractivity contribution < 1.29 is 4.52 Å². The summed E-state index contributed by atoms with van der Waals surface area (Å²) in [4.78, 5) is 28.2. The molecule has 2 aromatic heterocycles. The van der Waals surface area contributed by atoms with E-state index in [9.17, 15) is 9.59 Å². The van der Waals surface area contributed by atoms with Gasteiger partial charge in [0.05, 0.1) is 0 Å². The number of aromatic nitrogens is 4. The zero-order valence-electron chi connectivity index (χ0n) is 14.5. The first-order chi connectivity index (χ1) is 11.9. The topological polar surface area (TPSA) is 82.9 Å². The number of nitrogens with zero attached hydrogens (tertiary/aromatic N) is 4. The third kappa shape index (κ3) is 3.76. The molecule has 0 aliphatic rings. The Morgan fingerprint density at radius 2 is 1.88 bits per heavy atom. The Morgan fingerprint density at radius 3 is 2.60 bits per heavy atom. The molecule has 1 unspecified atom stereocenters. The molecule has 0 N–H and O–H groups in total. The van der Waals surface area contributed by atoms with Gasteiger partial charge in [0, 0.05) is 25.7 Å². The van der Waals surface area contributed by atoms with Gasteiger partial charge in [-0.2, -0.15) is 4.98 Å². The van der Waals surface area contributed by atoms with E-state index < -0.39 is 11.2 Å². The van der Waals surface area contributed by atoms with Crippen LogP contribution in [0.3, 0.4) is 0 Å². The predicted octanol–water partition coefficient (Wildman–Crippen LogP) is 1.63. The monoisotopic (exact) mass is 340 g/mol. The number of hydrogen-bond acceptors (Lipinski definition) is 5.